The molecule has 1 heteroatoms. The van der Waals surface area contributed by atoms with Crippen LogP contribution in [0.25, 0.3) is 0 Å². The minimum atomic E-state index is 0.761. The monoisotopic (exact) mass is 279 g/mol. The molecule has 0 atom stereocenters. The quantitative estimate of drug-likeness (QED) is 0.523. The van der Waals surface area contributed by atoms with Crippen molar-refractivity contribution in [3.05, 3.63) is 0 Å². The van der Waals surface area contributed by atoms with Crippen LogP contribution in [-0.4, -0.2) is 9.52 Å². The first-order valence-electron chi connectivity index (χ1n) is 9.30. The summed E-state index contributed by atoms with van der Waals surface area (Å²) < 4.78 is 0. The first-order chi connectivity index (χ1) is 9.45. The van der Waals surface area contributed by atoms with E-state index in [2.05, 4.69) is 0 Å². The fourth-order valence-electron chi connectivity index (χ4n) is 4.10. The lowest BCUT2D eigenvalue weighted by Crippen LogP contribution is -2.12. The van der Waals surface area contributed by atoms with Crippen LogP contribution in [-0.2, 0) is 0 Å². The molecule has 0 saturated heterocycles. The highest BCUT2D eigenvalue weighted by molar-refractivity contribution is 6.39. The predicted molar refractivity (Wildman–Crippen MR) is 88.5 cm³/mol. The second-order valence-corrected chi connectivity index (χ2v) is 9.38. The van der Waals surface area contributed by atoms with Crippen molar-refractivity contribution >= 4 is 9.52 Å². The van der Waals surface area contributed by atoms with E-state index >= 15 is 0 Å². The molecule has 0 bridgehead atoms. The van der Waals surface area contributed by atoms with Crippen LogP contribution in [0.3, 0.4) is 0 Å². The molecular formula is C18H35Si. The normalized spacial score (nSPS) is 26.5. The van der Waals surface area contributed by atoms with Crippen molar-refractivity contribution in [3.63, 3.8) is 0 Å². The summed E-state index contributed by atoms with van der Waals surface area (Å²) in [6, 6.07) is 0. The highest BCUT2D eigenvalue weighted by Crippen LogP contribution is 2.33. The van der Waals surface area contributed by atoms with Crippen LogP contribution in [0.5, 0.6) is 0 Å². The van der Waals surface area contributed by atoms with Crippen LogP contribution in [0.1, 0.15) is 103 Å². The molecule has 19 heavy (non-hydrogen) atoms. The van der Waals surface area contributed by atoms with E-state index in [-0.39, 0.29) is 0 Å². The van der Waals surface area contributed by atoms with E-state index in [0.717, 1.165) is 9.52 Å². The Morgan fingerprint density at radius 3 is 0.947 bits per heavy atom. The maximum absolute atomic E-state index is 1.59. The Hall–Kier alpha value is 0.217. The molecular weight excluding hydrogens is 244 g/mol. The topological polar surface area (TPSA) is 0 Å². The number of hydrogen-bond acceptors (Lipinski definition) is 0. The molecule has 2 saturated carbocycles. The van der Waals surface area contributed by atoms with Gasteiger partial charge in [0.15, 0.2) is 0 Å². The molecule has 0 heterocycles. The Labute approximate surface area is 124 Å². The third-order valence-corrected chi connectivity index (χ3v) is 7.77. The Bertz CT molecular complexity index is 172. The standard InChI is InChI=1S/C18H35Si/c1-2-6-10-14-17(13-9-5-1)19-18-15-11-7-3-4-8-12-16-18/h17-19H,1-16H2. The van der Waals surface area contributed by atoms with Gasteiger partial charge in [0.05, 0.1) is 0 Å². The van der Waals surface area contributed by atoms with Gasteiger partial charge < -0.3 is 0 Å². The summed E-state index contributed by atoms with van der Waals surface area (Å²) >= 11 is 0. The SMILES string of the molecule is C1CCCCC([SiH]C2CCCCCCCC2)CCC1. The molecule has 2 aliphatic rings. The molecule has 0 aliphatic heterocycles. The van der Waals surface area contributed by atoms with Crippen LogP contribution in [0.2, 0.25) is 11.1 Å². The molecule has 2 fully saturated rings. The van der Waals surface area contributed by atoms with Gasteiger partial charge in [-0.3, -0.25) is 0 Å². The minimum absolute atomic E-state index is 0.761. The van der Waals surface area contributed by atoms with E-state index in [1.807, 2.05) is 0 Å². The predicted octanol–water partition coefficient (Wildman–Crippen LogP) is 6.27. The summed E-state index contributed by atoms with van der Waals surface area (Å²) in [7, 11) is 0.761. The zero-order valence-electron chi connectivity index (χ0n) is 13.0. The first kappa shape index (κ1) is 15.6. The Kier molecular flexibility index (Phi) is 8.23. The van der Waals surface area contributed by atoms with Gasteiger partial charge in [0.25, 0.3) is 0 Å². The van der Waals surface area contributed by atoms with E-state index in [9.17, 15) is 0 Å². The van der Waals surface area contributed by atoms with Crippen molar-refractivity contribution in [3.8, 4) is 0 Å². The van der Waals surface area contributed by atoms with Gasteiger partial charge in [-0.15, -0.1) is 0 Å². The molecule has 2 rings (SSSR count). The zero-order valence-corrected chi connectivity index (χ0v) is 14.2. The summed E-state index contributed by atoms with van der Waals surface area (Å²) in [5.74, 6) is 0. The number of hydrogen-bond donors (Lipinski definition) is 0. The molecule has 0 spiro atoms. The van der Waals surface area contributed by atoms with Gasteiger partial charge in [0.1, 0.15) is 0 Å². The smallest absolute Gasteiger partial charge is 0.0346 e. The van der Waals surface area contributed by atoms with Gasteiger partial charge in [0, 0.05) is 9.52 Å². The van der Waals surface area contributed by atoms with Crippen molar-refractivity contribution in [1.29, 1.82) is 0 Å². The van der Waals surface area contributed by atoms with Crippen molar-refractivity contribution in [2.75, 3.05) is 0 Å². The second kappa shape index (κ2) is 10.0. The first-order valence-corrected chi connectivity index (χ1v) is 10.6. The fourth-order valence-corrected chi connectivity index (χ4v) is 6.58. The third kappa shape index (κ3) is 6.97. The van der Waals surface area contributed by atoms with Crippen LogP contribution in [0.4, 0.5) is 0 Å². The molecule has 111 valence electrons. The molecule has 0 N–H and O–H groups in total. The highest BCUT2D eigenvalue weighted by atomic mass is 28.2. The number of rotatable bonds is 2. The van der Waals surface area contributed by atoms with Gasteiger partial charge in [-0.1, -0.05) is 103 Å². The molecule has 0 nitrogen and oxygen atoms in total. The lowest BCUT2D eigenvalue weighted by molar-refractivity contribution is 0.577. The molecule has 0 amide bonds. The van der Waals surface area contributed by atoms with Gasteiger partial charge in [-0.2, -0.15) is 0 Å². The molecule has 0 aromatic carbocycles. The summed E-state index contributed by atoms with van der Waals surface area (Å²) in [4.78, 5) is 0. The molecule has 0 unspecified atom stereocenters. The molecule has 0 aromatic rings. The van der Waals surface area contributed by atoms with Crippen LogP contribution < -0.4 is 0 Å². The van der Waals surface area contributed by atoms with Crippen molar-refractivity contribution in [2.24, 2.45) is 0 Å². The maximum atomic E-state index is 1.59. The van der Waals surface area contributed by atoms with Crippen LogP contribution in [0.15, 0.2) is 0 Å². The van der Waals surface area contributed by atoms with Gasteiger partial charge in [-0.25, -0.2) is 0 Å². The lowest BCUT2D eigenvalue weighted by Gasteiger charge is -2.22. The largest absolute Gasteiger partial charge is 0.0533 e. The van der Waals surface area contributed by atoms with Crippen molar-refractivity contribution in [2.45, 2.75) is 114 Å². The van der Waals surface area contributed by atoms with Crippen molar-refractivity contribution < 1.29 is 0 Å². The van der Waals surface area contributed by atoms with E-state index in [4.69, 9.17) is 0 Å². The van der Waals surface area contributed by atoms with Gasteiger partial charge >= 0.3 is 0 Å². The molecule has 2 aliphatic carbocycles. The Morgan fingerprint density at radius 1 is 0.368 bits per heavy atom. The summed E-state index contributed by atoms with van der Waals surface area (Å²) in [6.45, 7) is 0. The van der Waals surface area contributed by atoms with E-state index < -0.39 is 0 Å². The van der Waals surface area contributed by atoms with Crippen LogP contribution >= 0.6 is 0 Å². The van der Waals surface area contributed by atoms with Crippen molar-refractivity contribution in [1.82, 2.24) is 0 Å². The average molecular weight is 280 g/mol. The van der Waals surface area contributed by atoms with Gasteiger partial charge in [0.2, 0.25) is 0 Å². The maximum Gasteiger partial charge on any atom is 0.0346 e. The lowest BCUT2D eigenvalue weighted by atomic mass is 10.1. The van der Waals surface area contributed by atoms with Gasteiger partial charge in [-0.05, 0) is 11.1 Å². The van der Waals surface area contributed by atoms with E-state index in [1.54, 1.807) is 51.4 Å². The summed E-state index contributed by atoms with van der Waals surface area (Å²) in [6.07, 6.45) is 24.7. The second-order valence-electron chi connectivity index (χ2n) is 7.11. The zero-order chi connectivity index (χ0) is 13.2. The summed E-state index contributed by atoms with van der Waals surface area (Å²) in [5.41, 5.74) is 2.34. The fraction of sp³-hybridized carbons (Fsp3) is 1.00. The highest BCUT2D eigenvalue weighted by Gasteiger charge is 2.18. The Balaban J connectivity index is 1.74. The van der Waals surface area contributed by atoms with E-state index in [0.29, 0.717) is 0 Å². The third-order valence-electron chi connectivity index (χ3n) is 5.34. The summed E-state index contributed by atoms with van der Waals surface area (Å²) in [5, 5.41) is 0. The van der Waals surface area contributed by atoms with E-state index in [1.165, 1.54) is 62.4 Å². The molecule has 0 aromatic heterocycles. The Morgan fingerprint density at radius 2 is 0.632 bits per heavy atom. The van der Waals surface area contributed by atoms with Crippen LogP contribution in [0, 0.1) is 0 Å². The average Bonchev–Trinajstić information content (AvgIpc) is 2.62. The minimum Gasteiger partial charge on any atom is -0.0533 e. The molecule has 1 radical (unpaired) electrons.